The van der Waals surface area contributed by atoms with Crippen LogP contribution in [0.25, 0.3) is 0 Å². The number of ether oxygens (including phenoxy) is 2. The lowest BCUT2D eigenvalue weighted by Gasteiger charge is -2.19. The van der Waals surface area contributed by atoms with Crippen molar-refractivity contribution in [2.75, 3.05) is 13.7 Å². The molecule has 0 radical (unpaired) electrons. The van der Waals surface area contributed by atoms with Crippen molar-refractivity contribution < 1.29 is 28.4 Å². The molecule has 1 aliphatic rings. The maximum atomic E-state index is 12.9. The van der Waals surface area contributed by atoms with E-state index >= 15 is 0 Å². The molecule has 0 spiro atoms. The molecule has 0 aliphatic carbocycles. The molecule has 4 rings (SSSR count). The van der Waals surface area contributed by atoms with Crippen LogP contribution in [0.15, 0.2) is 64.3 Å². The fourth-order valence-corrected chi connectivity index (χ4v) is 3.92. The first-order chi connectivity index (χ1) is 15.5. The van der Waals surface area contributed by atoms with Gasteiger partial charge in [-0.2, -0.15) is 5.10 Å². The second-order valence-corrected chi connectivity index (χ2v) is 7.78. The van der Waals surface area contributed by atoms with Gasteiger partial charge in [0.05, 0.1) is 24.0 Å². The summed E-state index contributed by atoms with van der Waals surface area (Å²) in [5.74, 6) is -0.117. The second kappa shape index (κ2) is 9.02. The van der Waals surface area contributed by atoms with Gasteiger partial charge in [-0.05, 0) is 48.0 Å². The molecule has 1 aromatic carbocycles. The smallest absolute Gasteiger partial charge is 0.349 e. The molecule has 0 fully saturated rings. The van der Waals surface area contributed by atoms with Crippen LogP contribution in [0.1, 0.15) is 33.5 Å². The molecule has 2 aromatic heterocycles. The predicted molar refractivity (Wildman–Crippen MR) is 114 cm³/mol. The van der Waals surface area contributed by atoms with Gasteiger partial charge < -0.3 is 13.9 Å². The van der Waals surface area contributed by atoms with Crippen LogP contribution in [0.2, 0.25) is 0 Å². The molecule has 0 bridgehead atoms. The molecule has 0 saturated heterocycles. The highest BCUT2D eigenvalue weighted by molar-refractivity contribution is 7.17. The zero-order chi connectivity index (χ0) is 22.7. The fraction of sp³-hybridized carbons (Fsp3) is 0.190. The van der Waals surface area contributed by atoms with Gasteiger partial charge in [-0.25, -0.2) is 9.80 Å². The summed E-state index contributed by atoms with van der Waals surface area (Å²) in [7, 11) is 1.57. The van der Waals surface area contributed by atoms with Crippen molar-refractivity contribution in [2.24, 2.45) is 5.10 Å². The van der Waals surface area contributed by atoms with Gasteiger partial charge in [0.2, 0.25) is 0 Å². The van der Waals surface area contributed by atoms with Crippen LogP contribution in [0.4, 0.5) is 5.00 Å². The van der Waals surface area contributed by atoms with Crippen molar-refractivity contribution in [3.63, 3.8) is 0 Å². The molecule has 3 aromatic rings. The first kappa shape index (κ1) is 21.2. The van der Waals surface area contributed by atoms with E-state index in [-0.39, 0.29) is 9.88 Å². The summed E-state index contributed by atoms with van der Waals surface area (Å²) in [4.78, 5) is 35.3. The van der Waals surface area contributed by atoms with Crippen LogP contribution in [-0.2, 0) is 9.53 Å². The van der Waals surface area contributed by atoms with Crippen LogP contribution in [0, 0.1) is 10.1 Å². The first-order valence-corrected chi connectivity index (χ1v) is 10.3. The van der Waals surface area contributed by atoms with E-state index in [0.717, 1.165) is 5.56 Å². The Morgan fingerprint density at radius 3 is 2.66 bits per heavy atom. The minimum Gasteiger partial charge on any atom is -0.497 e. The highest BCUT2D eigenvalue weighted by Crippen LogP contribution is 2.33. The lowest BCUT2D eigenvalue weighted by atomic mass is 10.0. The minimum absolute atomic E-state index is 0.0379. The maximum absolute atomic E-state index is 12.9. The van der Waals surface area contributed by atoms with E-state index in [1.165, 1.54) is 23.4 Å². The first-order valence-electron chi connectivity index (χ1n) is 9.45. The summed E-state index contributed by atoms with van der Waals surface area (Å²) in [5, 5.41) is 16.3. The van der Waals surface area contributed by atoms with E-state index in [1.54, 1.807) is 31.4 Å². The molecule has 32 heavy (non-hydrogen) atoms. The van der Waals surface area contributed by atoms with Gasteiger partial charge in [-0.15, -0.1) is 0 Å². The number of furan rings is 1. The molecule has 1 atom stereocenters. The normalized spacial score (nSPS) is 15.3. The Hall–Kier alpha value is -3.99. The van der Waals surface area contributed by atoms with Crippen LogP contribution in [0.5, 0.6) is 5.75 Å². The van der Waals surface area contributed by atoms with Gasteiger partial charge in [-0.1, -0.05) is 11.3 Å². The minimum atomic E-state index is -0.815. The Kier molecular flexibility index (Phi) is 5.99. The van der Waals surface area contributed by atoms with Gasteiger partial charge in [0.25, 0.3) is 5.91 Å². The van der Waals surface area contributed by atoms with Gasteiger partial charge >= 0.3 is 11.0 Å². The SMILES string of the molecule is COc1ccc(C2=NN(C(=O)COC(=O)c3ccc([N+](=O)[O-])s3)[C@@H](c3ccco3)C2)cc1. The van der Waals surface area contributed by atoms with Gasteiger partial charge in [0.15, 0.2) is 6.61 Å². The number of carbonyl (C=O) groups is 2. The Morgan fingerprint density at radius 2 is 2.03 bits per heavy atom. The average Bonchev–Trinajstić information content (AvgIpc) is 3.56. The van der Waals surface area contributed by atoms with Crippen LogP contribution >= 0.6 is 11.3 Å². The number of carbonyl (C=O) groups excluding carboxylic acids is 2. The van der Waals surface area contributed by atoms with Crippen molar-refractivity contribution in [3.05, 3.63) is 81.1 Å². The summed E-state index contributed by atoms with van der Waals surface area (Å²) in [6.07, 6.45) is 1.92. The summed E-state index contributed by atoms with van der Waals surface area (Å²) >= 11 is 0.681. The van der Waals surface area contributed by atoms with Crippen molar-refractivity contribution in [2.45, 2.75) is 12.5 Å². The third kappa shape index (κ3) is 4.37. The molecule has 3 heterocycles. The fourth-order valence-electron chi connectivity index (χ4n) is 3.20. The number of esters is 1. The van der Waals surface area contributed by atoms with Gasteiger partial charge in [0.1, 0.15) is 22.4 Å². The number of rotatable bonds is 7. The quantitative estimate of drug-likeness (QED) is 0.301. The van der Waals surface area contributed by atoms with Crippen molar-refractivity contribution in [1.29, 1.82) is 0 Å². The summed E-state index contributed by atoms with van der Waals surface area (Å²) in [6.45, 7) is -0.568. The van der Waals surface area contributed by atoms with E-state index in [9.17, 15) is 19.7 Å². The molecule has 0 N–H and O–H groups in total. The van der Waals surface area contributed by atoms with E-state index in [1.807, 2.05) is 12.1 Å². The molecule has 11 heteroatoms. The monoisotopic (exact) mass is 455 g/mol. The Labute approximate surface area is 185 Å². The van der Waals surface area contributed by atoms with Crippen molar-refractivity contribution in [1.82, 2.24) is 5.01 Å². The number of methoxy groups -OCH3 is 1. The van der Waals surface area contributed by atoms with Crippen molar-refractivity contribution in [3.8, 4) is 5.75 Å². The zero-order valence-electron chi connectivity index (χ0n) is 16.8. The lowest BCUT2D eigenvalue weighted by molar-refractivity contribution is -0.380. The number of benzene rings is 1. The largest absolute Gasteiger partial charge is 0.497 e. The Balaban J connectivity index is 1.49. The van der Waals surface area contributed by atoms with E-state index in [2.05, 4.69) is 5.10 Å². The third-order valence-corrected chi connectivity index (χ3v) is 5.78. The molecule has 0 saturated carbocycles. The lowest BCUT2D eigenvalue weighted by Crippen LogP contribution is -2.31. The molecular formula is C21H17N3O7S. The molecule has 1 amide bonds. The van der Waals surface area contributed by atoms with Gasteiger partial charge in [-0.3, -0.25) is 14.9 Å². The highest BCUT2D eigenvalue weighted by atomic mass is 32.1. The average molecular weight is 455 g/mol. The second-order valence-electron chi connectivity index (χ2n) is 6.72. The van der Waals surface area contributed by atoms with E-state index in [4.69, 9.17) is 13.9 Å². The molecule has 164 valence electrons. The standard InChI is InChI=1S/C21H17N3O7S/c1-29-14-6-4-13(5-7-14)15-11-16(17-3-2-10-30-17)23(22-15)19(25)12-31-21(26)18-8-9-20(32-18)24(27)28/h2-10,16H,11-12H2,1H3/t16-/m1/s1. The van der Waals surface area contributed by atoms with Crippen LogP contribution in [-0.4, -0.2) is 41.2 Å². The van der Waals surface area contributed by atoms with Crippen LogP contribution in [0.3, 0.4) is 0 Å². The maximum Gasteiger partial charge on any atom is 0.349 e. The number of hydrazone groups is 1. The number of hydrogen-bond donors (Lipinski definition) is 0. The van der Waals surface area contributed by atoms with Crippen LogP contribution < -0.4 is 4.74 Å². The number of thiophene rings is 1. The summed E-state index contributed by atoms with van der Waals surface area (Å²) < 4.78 is 15.7. The highest BCUT2D eigenvalue weighted by Gasteiger charge is 2.35. The van der Waals surface area contributed by atoms with E-state index in [0.29, 0.717) is 35.0 Å². The molecule has 0 unspecified atom stereocenters. The number of hydrogen-bond acceptors (Lipinski definition) is 9. The van der Waals surface area contributed by atoms with Gasteiger partial charge in [0, 0.05) is 12.5 Å². The number of amides is 1. The molecule has 10 nitrogen and oxygen atoms in total. The zero-order valence-corrected chi connectivity index (χ0v) is 17.6. The Bertz CT molecular complexity index is 1170. The molecular weight excluding hydrogens is 438 g/mol. The topological polar surface area (TPSA) is 124 Å². The third-order valence-electron chi connectivity index (χ3n) is 4.76. The Morgan fingerprint density at radius 1 is 1.25 bits per heavy atom. The summed E-state index contributed by atoms with van der Waals surface area (Å²) in [5.41, 5.74) is 1.49. The van der Waals surface area contributed by atoms with E-state index < -0.39 is 29.4 Å². The van der Waals surface area contributed by atoms with Crippen molar-refractivity contribution >= 4 is 33.9 Å². The number of nitrogens with zero attached hydrogens (tertiary/aromatic N) is 3. The summed E-state index contributed by atoms with van der Waals surface area (Å²) in [6, 6.07) is 12.7. The number of nitro groups is 1. The predicted octanol–water partition coefficient (Wildman–Crippen LogP) is 3.79. The molecule has 1 aliphatic heterocycles.